The van der Waals surface area contributed by atoms with E-state index in [2.05, 4.69) is 90.0 Å². The zero-order valence-corrected chi connectivity index (χ0v) is 15.8. The van der Waals surface area contributed by atoms with E-state index in [4.69, 9.17) is 0 Å². The predicted octanol–water partition coefficient (Wildman–Crippen LogP) is 6.00. The Balaban J connectivity index is 1.99. The summed E-state index contributed by atoms with van der Waals surface area (Å²) in [6.45, 7) is 6.76. The maximum Gasteiger partial charge on any atom is 0.169 e. The van der Waals surface area contributed by atoms with Crippen molar-refractivity contribution in [3.8, 4) is 11.4 Å². The maximum absolute atomic E-state index is 4.56. The third kappa shape index (κ3) is 2.42. The Morgan fingerprint density at radius 2 is 1.41 bits per heavy atom. The smallest absolute Gasteiger partial charge is 0.169 e. The molecule has 3 nitrogen and oxygen atoms in total. The maximum atomic E-state index is 4.56. The molecule has 0 unspecified atom stereocenters. The van der Waals surface area contributed by atoms with Crippen LogP contribution < -0.4 is 0 Å². The van der Waals surface area contributed by atoms with Crippen molar-refractivity contribution < 1.29 is 0 Å². The van der Waals surface area contributed by atoms with E-state index >= 15 is 0 Å². The second-order valence-corrected chi connectivity index (χ2v) is 8.08. The summed E-state index contributed by atoms with van der Waals surface area (Å²) in [6.07, 6.45) is 0. The zero-order chi connectivity index (χ0) is 18.6. The summed E-state index contributed by atoms with van der Waals surface area (Å²) < 4.78 is 2.19. The van der Waals surface area contributed by atoms with Crippen molar-refractivity contribution in [1.82, 2.24) is 14.6 Å². The Kier molecular flexibility index (Phi) is 3.35. The lowest BCUT2D eigenvalue weighted by Gasteiger charge is -2.20. The number of nitrogens with zero attached hydrogens (tertiary/aromatic N) is 3. The minimum atomic E-state index is 0.0969. The van der Waals surface area contributed by atoms with Crippen LogP contribution in [-0.4, -0.2) is 14.6 Å². The number of pyridine rings is 1. The first-order chi connectivity index (χ1) is 13.0. The highest BCUT2D eigenvalue weighted by Crippen LogP contribution is 2.34. The monoisotopic (exact) mass is 351 g/mol. The Labute approximate surface area is 158 Å². The molecule has 3 aromatic carbocycles. The van der Waals surface area contributed by atoms with Crippen molar-refractivity contribution in [3.63, 3.8) is 0 Å². The van der Waals surface area contributed by atoms with Gasteiger partial charge in [0.15, 0.2) is 11.5 Å². The van der Waals surface area contributed by atoms with Crippen molar-refractivity contribution in [2.45, 2.75) is 26.2 Å². The summed E-state index contributed by atoms with van der Waals surface area (Å²) >= 11 is 0. The van der Waals surface area contributed by atoms with Gasteiger partial charge in [0.1, 0.15) is 0 Å². The number of rotatable bonds is 1. The highest BCUT2D eigenvalue weighted by atomic mass is 15.2. The van der Waals surface area contributed by atoms with Crippen LogP contribution in [0.25, 0.3) is 38.7 Å². The lowest BCUT2D eigenvalue weighted by atomic mass is 9.86. The molecule has 0 aliphatic carbocycles. The molecule has 0 spiro atoms. The van der Waals surface area contributed by atoms with E-state index < -0.39 is 0 Å². The molecule has 2 aromatic heterocycles. The molecule has 5 rings (SSSR count). The van der Waals surface area contributed by atoms with Crippen molar-refractivity contribution in [1.29, 1.82) is 0 Å². The molecule has 0 amide bonds. The van der Waals surface area contributed by atoms with E-state index in [-0.39, 0.29) is 5.41 Å². The summed E-state index contributed by atoms with van der Waals surface area (Å²) in [7, 11) is 0. The molecule has 0 bridgehead atoms. The topological polar surface area (TPSA) is 30.2 Å². The van der Waals surface area contributed by atoms with Crippen LogP contribution >= 0.6 is 0 Å². The van der Waals surface area contributed by atoms with Gasteiger partial charge in [0.25, 0.3) is 0 Å². The lowest BCUT2D eigenvalue weighted by Crippen LogP contribution is -2.11. The number of benzene rings is 3. The summed E-state index contributed by atoms with van der Waals surface area (Å²) in [4.78, 5) is 0. The van der Waals surface area contributed by atoms with Crippen LogP contribution in [0.2, 0.25) is 0 Å². The van der Waals surface area contributed by atoms with Crippen LogP contribution in [0.1, 0.15) is 26.3 Å². The summed E-state index contributed by atoms with van der Waals surface area (Å²) in [5, 5.41) is 12.7. The van der Waals surface area contributed by atoms with Gasteiger partial charge < -0.3 is 0 Å². The number of hydrogen-bond acceptors (Lipinski definition) is 2. The van der Waals surface area contributed by atoms with Gasteiger partial charge in [0.2, 0.25) is 0 Å². The van der Waals surface area contributed by atoms with Crippen LogP contribution in [0.5, 0.6) is 0 Å². The van der Waals surface area contributed by atoms with Gasteiger partial charge in [0, 0.05) is 16.3 Å². The first-order valence-electron chi connectivity index (χ1n) is 9.29. The largest absolute Gasteiger partial charge is 0.274 e. The van der Waals surface area contributed by atoms with E-state index in [0.29, 0.717) is 0 Å². The molecular weight excluding hydrogens is 330 g/mol. The molecule has 5 aromatic rings. The molecule has 0 N–H and O–H groups in total. The van der Waals surface area contributed by atoms with Crippen molar-refractivity contribution in [2.75, 3.05) is 0 Å². The summed E-state index contributed by atoms with van der Waals surface area (Å²) in [5.41, 5.74) is 4.54. The predicted molar refractivity (Wildman–Crippen MR) is 112 cm³/mol. The van der Waals surface area contributed by atoms with E-state index in [1.807, 2.05) is 18.2 Å². The molecular formula is C24H21N3. The summed E-state index contributed by atoms with van der Waals surface area (Å²) in [5.74, 6) is 0.880. The number of fused-ring (bicyclic) bond motifs is 6. The van der Waals surface area contributed by atoms with E-state index in [0.717, 1.165) is 27.9 Å². The highest BCUT2D eigenvalue weighted by Gasteiger charge is 2.18. The fourth-order valence-corrected chi connectivity index (χ4v) is 3.79. The molecule has 2 heterocycles. The molecule has 0 radical (unpaired) electrons. The van der Waals surface area contributed by atoms with Crippen LogP contribution in [0.4, 0.5) is 0 Å². The molecule has 27 heavy (non-hydrogen) atoms. The van der Waals surface area contributed by atoms with Crippen LogP contribution in [0.3, 0.4) is 0 Å². The molecule has 0 aliphatic heterocycles. The van der Waals surface area contributed by atoms with Crippen molar-refractivity contribution in [2.24, 2.45) is 0 Å². The Hall–Kier alpha value is -3.20. The third-order valence-electron chi connectivity index (χ3n) is 5.26. The van der Waals surface area contributed by atoms with Crippen LogP contribution in [-0.2, 0) is 5.41 Å². The van der Waals surface area contributed by atoms with Gasteiger partial charge in [-0.15, -0.1) is 10.2 Å². The van der Waals surface area contributed by atoms with Gasteiger partial charge in [-0.1, -0.05) is 81.4 Å². The van der Waals surface area contributed by atoms with Gasteiger partial charge in [-0.2, -0.15) is 0 Å². The Morgan fingerprint density at radius 1 is 0.704 bits per heavy atom. The fraction of sp³-hybridized carbons (Fsp3) is 0.167. The van der Waals surface area contributed by atoms with Gasteiger partial charge in [-0.25, -0.2) is 0 Å². The fourth-order valence-electron chi connectivity index (χ4n) is 3.79. The van der Waals surface area contributed by atoms with E-state index in [1.54, 1.807) is 0 Å². The highest BCUT2D eigenvalue weighted by molar-refractivity contribution is 6.12. The number of aromatic nitrogens is 3. The van der Waals surface area contributed by atoms with Gasteiger partial charge >= 0.3 is 0 Å². The first-order valence-corrected chi connectivity index (χ1v) is 9.29. The molecule has 0 fully saturated rings. The van der Waals surface area contributed by atoms with Crippen LogP contribution in [0.15, 0.2) is 72.8 Å². The molecule has 0 atom stereocenters. The normalized spacial score (nSPS) is 12.3. The van der Waals surface area contributed by atoms with Crippen molar-refractivity contribution >= 4 is 27.3 Å². The lowest BCUT2D eigenvalue weighted by molar-refractivity contribution is 0.591. The molecule has 0 saturated carbocycles. The number of hydrogen-bond donors (Lipinski definition) is 0. The minimum Gasteiger partial charge on any atom is -0.274 e. The van der Waals surface area contributed by atoms with Crippen molar-refractivity contribution in [3.05, 3.63) is 78.4 Å². The average Bonchev–Trinajstić information content (AvgIpc) is 3.13. The molecule has 132 valence electrons. The average molecular weight is 351 g/mol. The first kappa shape index (κ1) is 16.0. The molecule has 0 aliphatic rings. The van der Waals surface area contributed by atoms with E-state index in [9.17, 15) is 0 Å². The Morgan fingerprint density at radius 3 is 2.15 bits per heavy atom. The molecule has 3 heteroatoms. The van der Waals surface area contributed by atoms with E-state index in [1.165, 1.54) is 16.3 Å². The quantitative estimate of drug-likeness (QED) is 0.347. The SMILES string of the molecule is CC(C)(C)c1ccc2c(c1)c1ccccc1c1nnc(-c3ccccc3)n21. The van der Waals surface area contributed by atoms with Gasteiger partial charge in [-0.3, -0.25) is 4.40 Å². The Bertz CT molecular complexity index is 1290. The zero-order valence-electron chi connectivity index (χ0n) is 15.8. The standard InChI is InChI=1S/C24H21N3/c1-24(2,3)17-13-14-21-20(15-17)18-11-7-8-12-19(18)23-26-25-22(27(21)23)16-9-5-4-6-10-16/h4-15H,1-3H3. The molecule has 0 saturated heterocycles. The second kappa shape index (κ2) is 5.65. The summed E-state index contributed by atoms with van der Waals surface area (Å²) in [6, 6.07) is 25.5. The van der Waals surface area contributed by atoms with Gasteiger partial charge in [0.05, 0.1) is 5.52 Å². The van der Waals surface area contributed by atoms with Crippen LogP contribution in [0, 0.1) is 0 Å². The van der Waals surface area contributed by atoms with Gasteiger partial charge in [-0.05, 0) is 28.5 Å². The third-order valence-corrected chi connectivity index (χ3v) is 5.26. The minimum absolute atomic E-state index is 0.0969. The second-order valence-electron chi connectivity index (χ2n) is 8.08.